The van der Waals surface area contributed by atoms with Crippen LogP contribution in [0.15, 0.2) is 78.5 Å². The van der Waals surface area contributed by atoms with Gasteiger partial charge in [-0.2, -0.15) is 0 Å². The molecule has 5 rings (SSSR count). The highest BCUT2D eigenvalue weighted by Gasteiger charge is 2.30. The Kier molecular flexibility index (Phi) is 4.69. The minimum absolute atomic E-state index is 0.256. The molecule has 3 aromatic carbocycles. The number of nitrogens with zero attached hydrogens (tertiary/aromatic N) is 2. The zero-order valence-corrected chi connectivity index (χ0v) is 17.4. The van der Waals surface area contributed by atoms with E-state index in [9.17, 15) is 4.79 Å². The summed E-state index contributed by atoms with van der Waals surface area (Å²) in [5.74, 6) is 0. The molecule has 1 aliphatic rings. The van der Waals surface area contributed by atoms with Gasteiger partial charge < -0.3 is 5.32 Å². The predicted octanol–water partition coefficient (Wildman–Crippen LogP) is 5.94. The largest absolute Gasteiger partial charge is 0.327 e. The van der Waals surface area contributed by atoms with Crippen molar-refractivity contribution in [2.45, 2.75) is 6.54 Å². The van der Waals surface area contributed by atoms with Crippen LogP contribution < -0.4 is 5.32 Å². The summed E-state index contributed by atoms with van der Waals surface area (Å²) >= 11 is 11.9. The van der Waals surface area contributed by atoms with Crippen molar-refractivity contribution >= 4 is 62.7 Å². The van der Waals surface area contributed by atoms with Gasteiger partial charge in [0.15, 0.2) is 0 Å². The third kappa shape index (κ3) is 3.22. The van der Waals surface area contributed by atoms with Crippen LogP contribution >= 0.6 is 23.8 Å². The van der Waals surface area contributed by atoms with Crippen LogP contribution in [0.5, 0.6) is 0 Å². The van der Waals surface area contributed by atoms with E-state index < -0.39 is 0 Å². The maximum atomic E-state index is 12.7. The fourth-order valence-electron chi connectivity index (χ4n) is 3.68. The summed E-state index contributed by atoms with van der Waals surface area (Å²) in [6.45, 7) is 0.319. The van der Waals surface area contributed by atoms with Gasteiger partial charge in [-0.25, -0.2) is 9.78 Å². The van der Waals surface area contributed by atoms with E-state index in [4.69, 9.17) is 28.8 Å². The lowest BCUT2D eigenvalue weighted by Crippen LogP contribution is -2.29. The van der Waals surface area contributed by atoms with Crippen molar-refractivity contribution in [3.8, 4) is 0 Å². The van der Waals surface area contributed by atoms with Crippen LogP contribution in [0.25, 0.3) is 27.9 Å². The second-order valence-electron chi connectivity index (χ2n) is 7.03. The molecule has 1 saturated heterocycles. The maximum Gasteiger partial charge on any atom is 0.327 e. The average Bonchev–Trinajstić information content (AvgIpc) is 3.02. The molecular formula is C24H16ClN3OS. The molecule has 1 N–H and O–H groups in total. The molecule has 0 atom stereocenters. The van der Waals surface area contributed by atoms with Gasteiger partial charge >= 0.3 is 6.03 Å². The molecule has 0 unspecified atom stereocenters. The highest BCUT2D eigenvalue weighted by atomic mass is 35.5. The first-order valence-electron chi connectivity index (χ1n) is 9.47. The Morgan fingerprint density at radius 2 is 1.53 bits per heavy atom. The number of nitrogens with one attached hydrogen (secondary N) is 1. The third-order valence-electron chi connectivity index (χ3n) is 5.17. The van der Waals surface area contributed by atoms with Gasteiger partial charge in [0.1, 0.15) is 4.99 Å². The number of halogens is 1. The van der Waals surface area contributed by atoms with Gasteiger partial charge in [-0.05, 0) is 35.4 Å². The number of para-hydroxylation sites is 2. The van der Waals surface area contributed by atoms with Crippen molar-refractivity contribution < 1.29 is 4.79 Å². The molecule has 30 heavy (non-hydrogen) atoms. The Labute approximate surface area is 183 Å². The summed E-state index contributed by atoms with van der Waals surface area (Å²) in [4.78, 5) is 19.4. The Morgan fingerprint density at radius 3 is 2.20 bits per heavy atom. The van der Waals surface area contributed by atoms with E-state index in [1.54, 1.807) is 6.07 Å². The number of aromatic nitrogens is 1. The van der Waals surface area contributed by atoms with Crippen molar-refractivity contribution in [2.24, 2.45) is 0 Å². The first kappa shape index (κ1) is 18.7. The molecule has 4 nitrogen and oxygen atoms in total. The van der Waals surface area contributed by atoms with Gasteiger partial charge in [0.25, 0.3) is 0 Å². The first-order valence-corrected chi connectivity index (χ1v) is 10.3. The number of hydrogen-bond acceptors (Lipinski definition) is 3. The topological polar surface area (TPSA) is 45.2 Å². The van der Waals surface area contributed by atoms with E-state index in [1.165, 1.54) is 4.90 Å². The minimum Gasteiger partial charge on any atom is -0.305 e. The molecule has 1 fully saturated rings. The number of thiocarbonyl (C=S) groups is 1. The molecule has 0 spiro atoms. The summed E-state index contributed by atoms with van der Waals surface area (Å²) < 4.78 is 0. The smallest absolute Gasteiger partial charge is 0.305 e. The zero-order chi connectivity index (χ0) is 20.7. The van der Waals surface area contributed by atoms with Crippen LogP contribution in [0.3, 0.4) is 0 Å². The number of amides is 2. The molecule has 0 bridgehead atoms. The van der Waals surface area contributed by atoms with E-state index in [0.29, 0.717) is 22.3 Å². The molecule has 2 heterocycles. The quantitative estimate of drug-likeness (QED) is 0.249. The molecule has 4 aromatic rings. The van der Waals surface area contributed by atoms with E-state index in [1.807, 2.05) is 72.8 Å². The highest BCUT2D eigenvalue weighted by Crippen LogP contribution is 2.29. The summed E-state index contributed by atoms with van der Waals surface area (Å²) in [6, 6.07) is 23.1. The number of fused-ring (bicyclic) bond motifs is 2. The minimum atomic E-state index is -0.256. The second kappa shape index (κ2) is 7.52. The maximum absolute atomic E-state index is 12.7. The molecule has 0 aliphatic carbocycles. The summed E-state index contributed by atoms with van der Waals surface area (Å²) in [5.41, 5.74) is 4.21. The number of urea groups is 1. The fraction of sp³-hybridized carbons (Fsp3) is 0.0417. The van der Waals surface area contributed by atoms with Crippen molar-refractivity contribution in [3.63, 3.8) is 0 Å². The molecule has 2 amide bonds. The fourth-order valence-corrected chi connectivity index (χ4v) is 4.14. The van der Waals surface area contributed by atoms with Crippen LogP contribution in [0.4, 0.5) is 4.79 Å². The number of carbonyl (C=O) groups is 1. The van der Waals surface area contributed by atoms with Crippen molar-refractivity contribution in [1.29, 1.82) is 0 Å². The summed E-state index contributed by atoms with van der Waals surface area (Å²) in [6.07, 6.45) is 1.94. The van der Waals surface area contributed by atoms with E-state index in [-0.39, 0.29) is 6.03 Å². The van der Waals surface area contributed by atoms with E-state index in [2.05, 4.69) is 5.32 Å². The first-order chi connectivity index (χ1) is 14.6. The molecule has 0 radical (unpaired) electrons. The standard InChI is InChI=1S/C24H16ClN3OS/c25-19-10-4-1-7-15(19)14-28-23(30)22(27-24(28)29)13-18-16-8-2-5-11-20(16)26-21-12-6-3-9-17(18)21/h1-13H,14H2,(H,27,29). The molecule has 1 aromatic heterocycles. The van der Waals surface area contributed by atoms with Gasteiger partial charge in [0.05, 0.1) is 23.3 Å². The predicted molar refractivity (Wildman–Crippen MR) is 125 cm³/mol. The molecule has 6 heteroatoms. The van der Waals surface area contributed by atoms with Crippen LogP contribution in [-0.4, -0.2) is 20.9 Å². The Balaban J connectivity index is 1.60. The van der Waals surface area contributed by atoms with Gasteiger partial charge in [0.2, 0.25) is 0 Å². The second-order valence-corrected chi connectivity index (χ2v) is 7.82. The van der Waals surface area contributed by atoms with Gasteiger partial charge in [-0.15, -0.1) is 0 Å². The summed E-state index contributed by atoms with van der Waals surface area (Å²) in [5, 5.41) is 5.53. The Morgan fingerprint density at radius 1 is 0.933 bits per heavy atom. The van der Waals surface area contributed by atoms with Crippen LogP contribution in [0.2, 0.25) is 5.02 Å². The normalized spacial score (nSPS) is 15.4. The van der Waals surface area contributed by atoms with Crippen LogP contribution in [0, 0.1) is 0 Å². The molecule has 146 valence electrons. The monoisotopic (exact) mass is 429 g/mol. The van der Waals surface area contributed by atoms with Gasteiger partial charge in [-0.1, -0.05) is 78.4 Å². The Bertz CT molecular complexity index is 1310. The third-order valence-corrected chi connectivity index (χ3v) is 5.98. The van der Waals surface area contributed by atoms with E-state index >= 15 is 0 Å². The molecule has 1 aliphatic heterocycles. The average molecular weight is 430 g/mol. The molecule has 0 saturated carbocycles. The zero-order valence-electron chi connectivity index (χ0n) is 15.8. The van der Waals surface area contributed by atoms with Gasteiger partial charge in [0, 0.05) is 15.8 Å². The lowest BCUT2D eigenvalue weighted by atomic mass is 10.0. The lowest BCUT2D eigenvalue weighted by molar-refractivity contribution is 0.228. The number of pyridine rings is 1. The molecular weight excluding hydrogens is 414 g/mol. The van der Waals surface area contributed by atoms with Crippen molar-refractivity contribution in [2.75, 3.05) is 0 Å². The van der Waals surface area contributed by atoms with Crippen LogP contribution in [0.1, 0.15) is 11.1 Å². The Hall–Kier alpha value is -3.28. The van der Waals surface area contributed by atoms with Crippen LogP contribution in [-0.2, 0) is 6.54 Å². The number of carbonyl (C=O) groups excluding carboxylic acids is 1. The van der Waals surface area contributed by atoms with E-state index in [0.717, 1.165) is 32.9 Å². The lowest BCUT2D eigenvalue weighted by Gasteiger charge is -2.15. The SMILES string of the molecule is O=C1NC(=Cc2c3ccccc3nc3ccccc23)C(=S)N1Cc1ccccc1Cl. The number of benzene rings is 3. The van der Waals surface area contributed by atoms with Crippen molar-refractivity contribution in [1.82, 2.24) is 15.2 Å². The summed E-state index contributed by atoms with van der Waals surface area (Å²) in [7, 11) is 0. The van der Waals surface area contributed by atoms with Gasteiger partial charge in [-0.3, -0.25) is 4.90 Å². The number of hydrogen-bond donors (Lipinski definition) is 1. The number of rotatable bonds is 3. The highest BCUT2D eigenvalue weighted by molar-refractivity contribution is 7.80. The van der Waals surface area contributed by atoms with Crippen molar-refractivity contribution in [3.05, 3.63) is 94.6 Å².